The molecule has 0 saturated heterocycles. The van der Waals surface area contributed by atoms with Gasteiger partial charge in [-0.25, -0.2) is 0 Å². The third-order valence-corrected chi connectivity index (χ3v) is 6.36. The summed E-state index contributed by atoms with van der Waals surface area (Å²) in [6, 6.07) is 28.8. The van der Waals surface area contributed by atoms with Gasteiger partial charge in [0.2, 0.25) is 0 Å². The van der Waals surface area contributed by atoms with E-state index in [2.05, 4.69) is 58.5 Å². The van der Waals surface area contributed by atoms with Crippen LogP contribution in [0.4, 0.5) is 0 Å². The second-order valence-electron chi connectivity index (χ2n) is 5.59. The number of aromatic nitrogens is 2. The summed E-state index contributed by atoms with van der Waals surface area (Å²) >= 11 is 0. The highest BCUT2D eigenvalue weighted by molar-refractivity contribution is 8.76. The van der Waals surface area contributed by atoms with Crippen molar-refractivity contribution in [1.82, 2.24) is 9.97 Å². The van der Waals surface area contributed by atoms with Gasteiger partial charge in [0.15, 0.2) is 0 Å². The van der Waals surface area contributed by atoms with E-state index in [-0.39, 0.29) is 0 Å². The molecule has 0 unspecified atom stereocenters. The molecule has 0 aliphatic heterocycles. The largest absolute Gasteiger partial charge is 0.256 e. The van der Waals surface area contributed by atoms with E-state index in [9.17, 15) is 0 Å². The SMILES string of the molecule is c1ccc(-c2ccccc2SSc2ccccc2-c2ccccn2)nc1. The van der Waals surface area contributed by atoms with Gasteiger partial charge in [-0.2, -0.15) is 0 Å². The summed E-state index contributed by atoms with van der Waals surface area (Å²) in [5.74, 6) is 0. The molecule has 0 amide bonds. The first-order chi connectivity index (χ1) is 12.9. The highest BCUT2D eigenvalue weighted by Crippen LogP contribution is 2.44. The molecule has 0 spiro atoms. The van der Waals surface area contributed by atoms with Gasteiger partial charge in [0.1, 0.15) is 0 Å². The van der Waals surface area contributed by atoms with E-state index in [1.54, 1.807) is 21.6 Å². The summed E-state index contributed by atoms with van der Waals surface area (Å²) in [5.41, 5.74) is 4.30. The Bertz CT molecular complexity index is 906. The smallest absolute Gasteiger partial charge is 0.0713 e. The van der Waals surface area contributed by atoms with Gasteiger partial charge in [0, 0.05) is 33.3 Å². The Kier molecular flexibility index (Phi) is 5.33. The van der Waals surface area contributed by atoms with Crippen molar-refractivity contribution in [2.24, 2.45) is 0 Å². The average molecular weight is 373 g/mol. The Morgan fingerprint density at radius 1 is 0.462 bits per heavy atom. The zero-order chi connectivity index (χ0) is 17.6. The molecule has 4 heteroatoms. The second-order valence-corrected chi connectivity index (χ2v) is 7.80. The lowest BCUT2D eigenvalue weighted by Gasteiger charge is -2.10. The molecular weight excluding hydrogens is 356 g/mol. The van der Waals surface area contributed by atoms with Crippen LogP contribution in [0.25, 0.3) is 22.5 Å². The molecular formula is C22H16N2S2. The lowest BCUT2D eigenvalue weighted by Crippen LogP contribution is -1.86. The summed E-state index contributed by atoms with van der Waals surface area (Å²) in [5, 5.41) is 0. The number of benzene rings is 2. The van der Waals surface area contributed by atoms with Crippen LogP contribution in [-0.2, 0) is 0 Å². The van der Waals surface area contributed by atoms with Gasteiger partial charge in [0.25, 0.3) is 0 Å². The topological polar surface area (TPSA) is 25.8 Å². The van der Waals surface area contributed by atoms with Crippen molar-refractivity contribution >= 4 is 21.6 Å². The molecule has 0 atom stereocenters. The second kappa shape index (κ2) is 8.21. The molecule has 2 aromatic heterocycles. The molecule has 0 saturated carbocycles. The molecule has 0 aliphatic rings. The van der Waals surface area contributed by atoms with E-state index >= 15 is 0 Å². The fraction of sp³-hybridized carbons (Fsp3) is 0. The maximum absolute atomic E-state index is 4.50. The molecule has 4 aromatic rings. The van der Waals surface area contributed by atoms with Gasteiger partial charge < -0.3 is 0 Å². The van der Waals surface area contributed by atoms with Crippen LogP contribution in [-0.4, -0.2) is 9.97 Å². The van der Waals surface area contributed by atoms with E-state index in [1.165, 1.54) is 9.79 Å². The number of rotatable bonds is 5. The van der Waals surface area contributed by atoms with Gasteiger partial charge in [-0.05, 0) is 36.4 Å². The Balaban J connectivity index is 1.62. The molecule has 26 heavy (non-hydrogen) atoms. The molecule has 0 aliphatic carbocycles. The molecule has 2 heterocycles. The normalized spacial score (nSPS) is 10.6. The van der Waals surface area contributed by atoms with Crippen molar-refractivity contribution in [2.45, 2.75) is 9.79 Å². The third kappa shape index (κ3) is 3.82. The van der Waals surface area contributed by atoms with E-state index < -0.39 is 0 Å². The Hall–Kier alpha value is -2.56. The number of nitrogens with zero attached hydrogens (tertiary/aromatic N) is 2. The number of pyridine rings is 2. The van der Waals surface area contributed by atoms with Crippen LogP contribution in [0.3, 0.4) is 0 Å². The minimum absolute atomic E-state index is 0.995. The maximum atomic E-state index is 4.50. The van der Waals surface area contributed by atoms with Gasteiger partial charge in [-0.3, -0.25) is 9.97 Å². The highest BCUT2D eigenvalue weighted by atomic mass is 33.1. The quantitative estimate of drug-likeness (QED) is 0.368. The van der Waals surface area contributed by atoms with Crippen LogP contribution < -0.4 is 0 Å². The molecule has 0 fully saturated rings. The molecule has 0 bridgehead atoms. The first kappa shape index (κ1) is 16.9. The Morgan fingerprint density at radius 3 is 1.31 bits per heavy atom. The van der Waals surface area contributed by atoms with E-state index in [1.807, 2.05) is 48.8 Å². The summed E-state index contributed by atoms with van der Waals surface area (Å²) < 4.78 is 0. The van der Waals surface area contributed by atoms with Crippen molar-refractivity contribution in [2.75, 3.05) is 0 Å². The van der Waals surface area contributed by atoms with Crippen LogP contribution >= 0.6 is 21.6 Å². The first-order valence-corrected chi connectivity index (χ1v) is 10.4. The van der Waals surface area contributed by atoms with Crippen LogP contribution in [0.15, 0.2) is 107 Å². The number of hydrogen-bond donors (Lipinski definition) is 0. The first-order valence-electron chi connectivity index (χ1n) is 8.27. The van der Waals surface area contributed by atoms with Crippen LogP contribution in [0, 0.1) is 0 Å². The predicted molar refractivity (Wildman–Crippen MR) is 111 cm³/mol. The molecule has 2 aromatic carbocycles. The molecule has 4 rings (SSSR count). The van der Waals surface area contributed by atoms with Gasteiger partial charge in [-0.1, -0.05) is 70.1 Å². The van der Waals surface area contributed by atoms with Gasteiger partial charge in [0.05, 0.1) is 11.4 Å². The molecule has 0 radical (unpaired) electrons. The average Bonchev–Trinajstić information content (AvgIpc) is 2.74. The molecule has 2 nitrogen and oxygen atoms in total. The van der Waals surface area contributed by atoms with Gasteiger partial charge in [-0.15, -0.1) is 0 Å². The summed E-state index contributed by atoms with van der Waals surface area (Å²) in [7, 11) is 3.51. The van der Waals surface area contributed by atoms with Crippen molar-refractivity contribution < 1.29 is 0 Å². The minimum Gasteiger partial charge on any atom is -0.256 e. The molecule has 126 valence electrons. The van der Waals surface area contributed by atoms with Gasteiger partial charge >= 0.3 is 0 Å². The summed E-state index contributed by atoms with van der Waals surface area (Å²) in [6.07, 6.45) is 3.67. The minimum atomic E-state index is 0.995. The maximum Gasteiger partial charge on any atom is 0.0713 e. The summed E-state index contributed by atoms with van der Waals surface area (Å²) in [6.45, 7) is 0. The van der Waals surface area contributed by atoms with Crippen molar-refractivity contribution in [3.63, 3.8) is 0 Å². The lowest BCUT2D eigenvalue weighted by molar-refractivity contribution is 1.29. The van der Waals surface area contributed by atoms with E-state index in [0.29, 0.717) is 0 Å². The highest BCUT2D eigenvalue weighted by Gasteiger charge is 2.10. The Morgan fingerprint density at radius 2 is 0.885 bits per heavy atom. The lowest BCUT2D eigenvalue weighted by atomic mass is 10.1. The van der Waals surface area contributed by atoms with Crippen LogP contribution in [0.2, 0.25) is 0 Å². The fourth-order valence-corrected chi connectivity index (χ4v) is 5.02. The zero-order valence-electron chi connectivity index (χ0n) is 13.9. The summed E-state index contributed by atoms with van der Waals surface area (Å²) in [4.78, 5) is 11.4. The van der Waals surface area contributed by atoms with Crippen molar-refractivity contribution in [1.29, 1.82) is 0 Å². The Labute approximate surface area is 161 Å². The third-order valence-electron chi connectivity index (χ3n) is 3.88. The van der Waals surface area contributed by atoms with Crippen LogP contribution in [0.5, 0.6) is 0 Å². The van der Waals surface area contributed by atoms with Crippen molar-refractivity contribution in [3.05, 3.63) is 97.3 Å². The molecule has 0 N–H and O–H groups in total. The fourth-order valence-electron chi connectivity index (χ4n) is 2.64. The van der Waals surface area contributed by atoms with Crippen LogP contribution in [0.1, 0.15) is 0 Å². The standard InChI is InChI=1S/C22H16N2S2/c1-3-13-21(17(9-1)19-11-5-7-15-23-19)25-26-22-14-4-2-10-18(22)20-12-6-8-16-24-20/h1-16H. The van der Waals surface area contributed by atoms with Crippen molar-refractivity contribution in [3.8, 4) is 22.5 Å². The monoisotopic (exact) mass is 372 g/mol. The van der Waals surface area contributed by atoms with E-state index in [0.717, 1.165) is 22.5 Å². The predicted octanol–water partition coefficient (Wildman–Crippen LogP) is 6.61. The van der Waals surface area contributed by atoms with E-state index in [4.69, 9.17) is 0 Å². The number of hydrogen-bond acceptors (Lipinski definition) is 4. The zero-order valence-corrected chi connectivity index (χ0v) is 15.6.